The number of nitrogens with zero attached hydrogens (tertiary/aromatic N) is 3. The normalized spacial score (nSPS) is 14.1. The van der Waals surface area contributed by atoms with Crippen molar-refractivity contribution in [1.82, 2.24) is 15.0 Å². The molecule has 2 heterocycles. The van der Waals surface area contributed by atoms with Gasteiger partial charge in [0.25, 0.3) is 0 Å². The number of aromatic nitrogens is 2. The zero-order valence-corrected chi connectivity index (χ0v) is 20.7. The van der Waals surface area contributed by atoms with Crippen LogP contribution in [0.3, 0.4) is 0 Å². The molecule has 0 atom stereocenters. The molecule has 188 valence electrons. The van der Waals surface area contributed by atoms with Crippen LogP contribution in [0.5, 0.6) is 11.5 Å². The summed E-state index contributed by atoms with van der Waals surface area (Å²) in [6.45, 7) is 3.02. The molecule has 9 heteroatoms. The lowest BCUT2D eigenvalue weighted by atomic mass is 9.96. The molecule has 1 aliphatic rings. The number of hydrogen-bond acceptors (Lipinski definition) is 7. The van der Waals surface area contributed by atoms with Gasteiger partial charge in [-0.3, -0.25) is 9.59 Å². The first kappa shape index (κ1) is 25.0. The number of likely N-dealkylation sites (tertiary alicyclic amines) is 1. The molecule has 0 spiro atoms. The van der Waals surface area contributed by atoms with Gasteiger partial charge < -0.3 is 24.2 Å². The first-order valence-electron chi connectivity index (χ1n) is 11.9. The quantitative estimate of drug-likeness (QED) is 0.463. The largest absolute Gasteiger partial charge is 0.493 e. The average Bonchev–Trinajstić information content (AvgIpc) is 3.42. The third kappa shape index (κ3) is 5.91. The summed E-state index contributed by atoms with van der Waals surface area (Å²) in [6, 6.07) is 12.9. The van der Waals surface area contributed by atoms with E-state index >= 15 is 0 Å². The Kier molecular flexibility index (Phi) is 7.99. The summed E-state index contributed by atoms with van der Waals surface area (Å²) in [6.07, 6.45) is 5.24. The van der Waals surface area contributed by atoms with Crippen LogP contribution in [-0.4, -0.2) is 54.2 Å². The Balaban J connectivity index is 1.34. The fraction of sp³-hybridized carbons (Fsp3) is 0.333. The highest BCUT2D eigenvalue weighted by Crippen LogP contribution is 2.30. The Morgan fingerprint density at radius 3 is 2.61 bits per heavy atom. The van der Waals surface area contributed by atoms with Crippen molar-refractivity contribution in [2.75, 3.05) is 32.6 Å². The Morgan fingerprint density at radius 1 is 1.11 bits per heavy atom. The van der Waals surface area contributed by atoms with E-state index < -0.39 is 0 Å². The van der Waals surface area contributed by atoms with Crippen molar-refractivity contribution in [3.05, 3.63) is 60.0 Å². The van der Waals surface area contributed by atoms with Crippen LogP contribution in [0, 0.1) is 0 Å². The fourth-order valence-corrected chi connectivity index (χ4v) is 4.08. The second kappa shape index (κ2) is 11.5. The van der Waals surface area contributed by atoms with Crippen LogP contribution in [0.15, 0.2) is 53.1 Å². The monoisotopic (exact) mass is 490 g/mol. The van der Waals surface area contributed by atoms with Crippen molar-refractivity contribution in [2.24, 2.45) is 0 Å². The second-order valence-electron chi connectivity index (χ2n) is 8.49. The first-order chi connectivity index (χ1) is 17.5. The van der Waals surface area contributed by atoms with Gasteiger partial charge in [-0.25, -0.2) is 0 Å². The van der Waals surface area contributed by atoms with Crippen LogP contribution in [0.1, 0.15) is 43.6 Å². The highest BCUT2D eigenvalue weighted by molar-refractivity contribution is 5.92. The van der Waals surface area contributed by atoms with E-state index in [1.54, 1.807) is 33.3 Å². The molecule has 0 bridgehead atoms. The molecule has 1 aliphatic heterocycles. The maximum absolute atomic E-state index is 12.7. The molecule has 4 rings (SSSR count). The van der Waals surface area contributed by atoms with E-state index in [0.29, 0.717) is 48.4 Å². The maximum atomic E-state index is 12.7. The van der Waals surface area contributed by atoms with E-state index in [-0.39, 0.29) is 17.7 Å². The predicted octanol–water partition coefficient (Wildman–Crippen LogP) is 4.52. The van der Waals surface area contributed by atoms with Crippen LogP contribution >= 0.6 is 0 Å². The van der Waals surface area contributed by atoms with Crippen LogP contribution in [-0.2, 0) is 9.59 Å². The lowest BCUT2D eigenvalue weighted by molar-refractivity contribution is -0.127. The van der Waals surface area contributed by atoms with E-state index in [0.717, 1.165) is 24.0 Å². The van der Waals surface area contributed by atoms with Gasteiger partial charge in [-0.1, -0.05) is 30.3 Å². The molecule has 1 N–H and O–H groups in total. The summed E-state index contributed by atoms with van der Waals surface area (Å²) in [5.74, 6) is 2.30. The van der Waals surface area contributed by atoms with Gasteiger partial charge in [0.15, 0.2) is 11.5 Å². The van der Waals surface area contributed by atoms with Crippen LogP contribution in [0.4, 0.5) is 5.69 Å². The lowest BCUT2D eigenvalue weighted by Gasteiger charge is -2.29. The highest BCUT2D eigenvalue weighted by atomic mass is 16.5. The molecule has 3 aromatic rings. The van der Waals surface area contributed by atoms with Crippen molar-refractivity contribution < 1.29 is 23.6 Å². The number of hydrogen-bond donors (Lipinski definition) is 1. The van der Waals surface area contributed by atoms with E-state index in [1.807, 2.05) is 47.4 Å². The molecule has 0 unspecified atom stereocenters. The summed E-state index contributed by atoms with van der Waals surface area (Å²) in [7, 11) is 3.17. The van der Waals surface area contributed by atoms with Gasteiger partial charge in [0.2, 0.25) is 23.5 Å². The maximum Gasteiger partial charge on any atom is 0.246 e. The number of piperidine rings is 1. The number of amides is 2. The molecule has 1 aromatic heterocycles. The van der Waals surface area contributed by atoms with Crippen molar-refractivity contribution >= 4 is 23.6 Å². The zero-order chi connectivity index (χ0) is 25.5. The van der Waals surface area contributed by atoms with Crippen molar-refractivity contribution in [1.29, 1.82) is 0 Å². The van der Waals surface area contributed by atoms with Gasteiger partial charge in [0.1, 0.15) is 0 Å². The third-order valence-electron chi connectivity index (χ3n) is 6.15. The summed E-state index contributed by atoms with van der Waals surface area (Å²) < 4.78 is 16.1. The SMILES string of the molecule is CCC(=O)Nc1cccc(-c2noc(C3CCN(C(=O)C=Cc4ccc(OC)c(OC)c4)CC3)n2)c1. The summed E-state index contributed by atoms with van der Waals surface area (Å²) >= 11 is 0. The second-order valence-corrected chi connectivity index (χ2v) is 8.49. The first-order valence-corrected chi connectivity index (χ1v) is 11.9. The molecule has 2 amide bonds. The Hall–Kier alpha value is -4.14. The minimum Gasteiger partial charge on any atom is -0.493 e. The lowest BCUT2D eigenvalue weighted by Crippen LogP contribution is -2.36. The molecular weight excluding hydrogens is 460 g/mol. The Morgan fingerprint density at radius 2 is 1.89 bits per heavy atom. The number of anilines is 1. The molecule has 0 aliphatic carbocycles. The number of rotatable bonds is 8. The number of nitrogens with one attached hydrogen (secondary N) is 1. The molecule has 36 heavy (non-hydrogen) atoms. The fourth-order valence-electron chi connectivity index (χ4n) is 4.08. The minimum absolute atomic E-state index is 0.0413. The smallest absolute Gasteiger partial charge is 0.246 e. The van der Waals surface area contributed by atoms with E-state index in [9.17, 15) is 9.59 Å². The molecule has 1 fully saturated rings. The van der Waals surface area contributed by atoms with Gasteiger partial charge in [-0.05, 0) is 48.7 Å². The molecule has 0 saturated carbocycles. The van der Waals surface area contributed by atoms with Gasteiger partial charge >= 0.3 is 0 Å². The summed E-state index contributed by atoms with van der Waals surface area (Å²) in [4.78, 5) is 30.8. The van der Waals surface area contributed by atoms with Crippen molar-refractivity contribution in [3.63, 3.8) is 0 Å². The molecule has 1 saturated heterocycles. The Bertz CT molecular complexity index is 1240. The van der Waals surface area contributed by atoms with Crippen LogP contribution < -0.4 is 14.8 Å². The van der Waals surface area contributed by atoms with Gasteiger partial charge in [0.05, 0.1) is 14.2 Å². The van der Waals surface area contributed by atoms with E-state index in [4.69, 9.17) is 14.0 Å². The number of benzene rings is 2. The number of carbonyl (C=O) groups is 2. The molecule has 0 radical (unpaired) electrons. The van der Waals surface area contributed by atoms with Crippen LogP contribution in [0.25, 0.3) is 17.5 Å². The third-order valence-corrected chi connectivity index (χ3v) is 6.15. The average molecular weight is 491 g/mol. The van der Waals surface area contributed by atoms with Gasteiger partial charge in [0, 0.05) is 42.8 Å². The zero-order valence-electron chi connectivity index (χ0n) is 20.7. The number of methoxy groups -OCH3 is 2. The van der Waals surface area contributed by atoms with Gasteiger partial charge in [-0.15, -0.1) is 0 Å². The molecule has 2 aromatic carbocycles. The van der Waals surface area contributed by atoms with Crippen molar-refractivity contribution in [3.8, 4) is 22.9 Å². The standard InChI is InChI=1S/C27H30N4O5/c1-4-24(32)28-21-7-5-6-20(17-21)26-29-27(36-30-26)19-12-14-31(15-13-19)25(33)11-9-18-8-10-22(34-2)23(16-18)35-3/h5-11,16-17,19H,4,12-15H2,1-3H3,(H,28,32). The topological polar surface area (TPSA) is 107 Å². The van der Waals surface area contributed by atoms with Crippen LogP contribution in [0.2, 0.25) is 0 Å². The van der Waals surface area contributed by atoms with Gasteiger partial charge in [-0.2, -0.15) is 4.98 Å². The Labute approximate surface area is 210 Å². The van der Waals surface area contributed by atoms with E-state index in [2.05, 4.69) is 15.5 Å². The number of ether oxygens (including phenoxy) is 2. The van der Waals surface area contributed by atoms with E-state index in [1.165, 1.54) is 0 Å². The molecule has 9 nitrogen and oxygen atoms in total. The summed E-state index contributed by atoms with van der Waals surface area (Å²) in [5, 5.41) is 6.97. The minimum atomic E-state index is -0.0548. The summed E-state index contributed by atoms with van der Waals surface area (Å²) in [5.41, 5.74) is 2.32. The highest BCUT2D eigenvalue weighted by Gasteiger charge is 2.27. The molecular formula is C27H30N4O5. The number of carbonyl (C=O) groups excluding carboxylic acids is 2. The predicted molar refractivity (Wildman–Crippen MR) is 136 cm³/mol. The van der Waals surface area contributed by atoms with Crippen molar-refractivity contribution in [2.45, 2.75) is 32.1 Å².